The van der Waals surface area contributed by atoms with Crippen molar-refractivity contribution < 1.29 is 9.84 Å². The number of benzene rings is 1. The Morgan fingerprint density at radius 1 is 1.33 bits per heavy atom. The average molecular weight is 207 g/mol. The summed E-state index contributed by atoms with van der Waals surface area (Å²) in [4.78, 5) is 2.32. The van der Waals surface area contributed by atoms with Crippen LogP contribution in [0.25, 0.3) is 0 Å². The lowest BCUT2D eigenvalue weighted by Crippen LogP contribution is -2.23. The molecule has 1 aliphatic heterocycles. The molecule has 82 valence electrons. The van der Waals surface area contributed by atoms with E-state index in [4.69, 9.17) is 9.84 Å². The third kappa shape index (κ3) is 2.70. The van der Waals surface area contributed by atoms with E-state index in [0.717, 1.165) is 19.5 Å². The Kier molecular flexibility index (Phi) is 3.59. The van der Waals surface area contributed by atoms with Crippen LogP contribution in [0.15, 0.2) is 30.3 Å². The van der Waals surface area contributed by atoms with Gasteiger partial charge >= 0.3 is 0 Å². The summed E-state index contributed by atoms with van der Waals surface area (Å²) in [7, 11) is 0. The summed E-state index contributed by atoms with van der Waals surface area (Å²) in [5, 5.41) is 8.67. The van der Waals surface area contributed by atoms with Gasteiger partial charge in [0.2, 0.25) is 0 Å². The molecule has 1 heterocycles. The molecule has 3 nitrogen and oxygen atoms in total. The van der Waals surface area contributed by atoms with E-state index in [-0.39, 0.29) is 12.7 Å². The first-order valence-electron chi connectivity index (χ1n) is 5.42. The Balaban J connectivity index is 1.87. The lowest BCUT2D eigenvalue weighted by molar-refractivity contribution is 0.0411. The van der Waals surface area contributed by atoms with Crippen molar-refractivity contribution in [2.24, 2.45) is 0 Å². The number of para-hydroxylation sites is 1. The van der Waals surface area contributed by atoms with Crippen molar-refractivity contribution in [1.29, 1.82) is 0 Å². The quantitative estimate of drug-likeness (QED) is 0.807. The van der Waals surface area contributed by atoms with Crippen LogP contribution < -0.4 is 4.90 Å². The van der Waals surface area contributed by atoms with Gasteiger partial charge < -0.3 is 14.7 Å². The number of aliphatic hydroxyl groups excluding tert-OH is 1. The second-order valence-corrected chi connectivity index (χ2v) is 3.79. The lowest BCUT2D eigenvalue weighted by atomic mass is 10.3. The number of hydrogen-bond acceptors (Lipinski definition) is 3. The Labute approximate surface area is 90.3 Å². The van der Waals surface area contributed by atoms with Crippen molar-refractivity contribution in [1.82, 2.24) is 0 Å². The minimum atomic E-state index is 0.113. The topological polar surface area (TPSA) is 32.7 Å². The van der Waals surface area contributed by atoms with E-state index >= 15 is 0 Å². The van der Waals surface area contributed by atoms with Crippen LogP contribution in [0.1, 0.15) is 6.42 Å². The van der Waals surface area contributed by atoms with E-state index in [2.05, 4.69) is 29.2 Å². The van der Waals surface area contributed by atoms with Crippen molar-refractivity contribution in [2.45, 2.75) is 12.5 Å². The Hall–Kier alpha value is -1.06. The van der Waals surface area contributed by atoms with E-state index in [1.807, 2.05) is 6.07 Å². The molecule has 1 N–H and O–H groups in total. The Bertz CT molecular complexity index is 289. The highest BCUT2D eigenvalue weighted by molar-refractivity contribution is 5.47. The molecule has 1 aromatic carbocycles. The number of aliphatic hydroxyl groups is 1. The zero-order valence-electron chi connectivity index (χ0n) is 8.80. The molecule has 0 aliphatic carbocycles. The smallest absolute Gasteiger partial charge is 0.0767 e. The molecule has 0 radical (unpaired) electrons. The molecule has 1 aromatic rings. The summed E-state index contributed by atoms with van der Waals surface area (Å²) >= 11 is 0. The molecule has 3 heteroatoms. The van der Waals surface area contributed by atoms with Crippen LogP contribution in [-0.2, 0) is 4.74 Å². The van der Waals surface area contributed by atoms with Gasteiger partial charge in [-0.15, -0.1) is 0 Å². The first-order valence-corrected chi connectivity index (χ1v) is 5.42. The Morgan fingerprint density at radius 3 is 2.87 bits per heavy atom. The van der Waals surface area contributed by atoms with Crippen LogP contribution in [0.5, 0.6) is 0 Å². The van der Waals surface area contributed by atoms with Gasteiger partial charge in [0.25, 0.3) is 0 Å². The van der Waals surface area contributed by atoms with Gasteiger partial charge in [0.1, 0.15) is 0 Å². The fourth-order valence-corrected chi connectivity index (χ4v) is 1.96. The molecule has 1 fully saturated rings. The van der Waals surface area contributed by atoms with Gasteiger partial charge in [-0.1, -0.05) is 18.2 Å². The molecule has 1 atom stereocenters. The highest BCUT2D eigenvalue weighted by Crippen LogP contribution is 2.20. The molecule has 15 heavy (non-hydrogen) atoms. The van der Waals surface area contributed by atoms with Crippen LogP contribution in [0.2, 0.25) is 0 Å². The van der Waals surface area contributed by atoms with E-state index in [9.17, 15) is 0 Å². The van der Waals surface area contributed by atoms with Crippen molar-refractivity contribution in [3.63, 3.8) is 0 Å². The summed E-state index contributed by atoms with van der Waals surface area (Å²) < 4.78 is 5.51. The number of nitrogens with zero attached hydrogens (tertiary/aromatic N) is 1. The first kappa shape index (κ1) is 10.5. The highest BCUT2D eigenvalue weighted by atomic mass is 16.5. The van der Waals surface area contributed by atoms with Gasteiger partial charge in [-0.05, 0) is 18.6 Å². The maximum atomic E-state index is 8.67. The summed E-state index contributed by atoms with van der Waals surface area (Å²) in [6.07, 6.45) is 1.33. The van der Waals surface area contributed by atoms with Gasteiger partial charge in [-0.25, -0.2) is 0 Å². The molecule has 0 amide bonds. The van der Waals surface area contributed by atoms with E-state index in [1.165, 1.54) is 5.69 Å². The third-order valence-electron chi connectivity index (χ3n) is 2.71. The van der Waals surface area contributed by atoms with Crippen LogP contribution in [0, 0.1) is 0 Å². The second-order valence-electron chi connectivity index (χ2n) is 3.79. The zero-order valence-corrected chi connectivity index (χ0v) is 8.80. The fraction of sp³-hybridized carbons (Fsp3) is 0.500. The predicted octanol–water partition coefficient (Wildman–Crippen LogP) is 1.27. The number of rotatable bonds is 4. The second kappa shape index (κ2) is 5.14. The standard InChI is InChI=1S/C12H17NO2/c14-8-9-15-12-6-7-13(10-12)11-4-2-1-3-5-11/h1-5,12,14H,6-10H2/t12-/m1/s1. The lowest BCUT2D eigenvalue weighted by Gasteiger charge is -2.18. The molecule has 0 bridgehead atoms. The Morgan fingerprint density at radius 2 is 2.13 bits per heavy atom. The normalized spacial score (nSPS) is 20.9. The van der Waals surface area contributed by atoms with Crippen LogP contribution in [0.4, 0.5) is 5.69 Å². The molecular formula is C12H17NO2. The largest absolute Gasteiger partial charge is 0.394 e. The number of ether oxygens (including phenoxy) is 1. The summed E-state index contributed by atoms with van der Waals surface area (Å²) in [5.74, 6) is 0. The molecule has 2 rings (SSSR count). The van der Waals surface area contributed by atoms with Crippen LogP contribution in [0.3, 0.4) is 0 Å². The fourth-order valence-electron chi connectivity index (χ4n) is 1.96. The summed E-state index contributed by atoms with van der Waals surface area (Å²) in [6.45, 7) is 2.54. The van der Waals surface area contributed by atoms with Crippen molar-refractivity contribution in [2.75, 3.05) is 31.2 Å². The minimum absolute atomic E-state index is 0.113. The molecule has 0 saturated carbocycles. The van der Waals surface area contributed by atoms with E-state index in [0.29, 0.717) is 6.61 Å². The molecule has 1 saturated heterocycles. The van der Waals surface area contributed by atoms with Crippen molar-refractivity contribution in [3.05, 3.63) is 30.3 Å². The highest BCUT2D eigenvalue weighted by Gasteiger charge is 2.22. The van der Waals surface area contributed by atoms with E-state index < -0.39 is 0 Å². The molecule has 0 spiro atoms. The number of anilines is 1. The van der Waals surface area contributed by atoms with Crippen LogP contribution >= 0.6 is 0 Å². The maximum Gasteiger partial charge on any atom is 0.0767 e. The van der Waals surface area contributed by atoms with Crippen molar-refractivity contribution in [3.8, 4) is 0 Å². The van der Waals surface area contributed by atoms with Crippen LogP contribution in [-0.4, -0.2) is 37.5 Å². The van der Waals surface area contributed by atoms with E-state index in [1.54, 1.807) is 0 Å². The van der Waals surface area contributed by atoms with Gasteiger partial charge in [-0.2, -0.15) is 0 Å². The molecular weight excluding hydrogens is 190 g/mol. The SMILES string of the molecule is OCCO[C@@H]1CCN(c2ccccc2)C1. The van der Waals surface area contributed by atoms with Crippen molar-refractivity contribution >= 4 is 5.69 Å². The molecule has 0 unspecified atom stereocenters. The first-order chi connectivity index (χ1) is 7.40. The maximum absolute atomic E-state index is 8.67. The van der Waals surface area contributed by atoms with Gasteiger partial charge in [0, 0.05) is 18.8 Å². The molecule has 0 aromatic heterocycles. The van der Waals surface area contributed by atoms with Gasteiger partial charge in [-0.3, -0.25) is 0 Å². The monoisotopic (exact) mass is 207 g/mol. The summed E-state index contributed by atoms with van der Waals surface area (Å²) in [6, 6.07) is 10.4. The minimum Gasteiger partial charge on any atom is -0.394 e. The summed E-state index contributed by atoms with van der Waals surface area (Å²) in [5.41, 5.74) is 1.26. The van der Waals surface area contributed by atoms with Gasteiger partial charge in [0.05, 0.1) is 19.3 Å². The third-order valence-corrected chi connectivity index (χ3v) is 2.71. The van der Waals surface area contributed by atoms with Gasteiger partial charge in [0.15, 0.2) is 0 Å². The number of hydrogen-bond donors (Lipinski definition) is 1. The predicted molar refractivity (Wildman–Crippen MR) is 60.1 cm³/mol. The molecule has 1 aliphatic rings. The average Bonchev–Trinajstić information content (AvgIpc) is 2.76. The zero-order chi connectivity index (χ0) is 10.5.